The van der Waals surface area contributed by atoms with Crippen molar-refractivity contribution in [2.24, 2.45) is 23.5 Å². The van der Waals surface area contributed by atoms with E-state index >= 15 is 0 Å². The van der Waals surface area contributed by atoms with E-state index in [0.29, 0.717) is 17.9 Å². The summed E-state index contributed by atoms with van der Waals surface area (Å²) in [6, 6.07) is 0.391. The fourth-order valence-corrected chi connectivity index (χ4v) is 3.29. The van der Waals surface area contributed by atoms with Crippen LogP contribution in [0.5, 0.6) is 0 Å². The maximum Gasteiger partial charge on any atom is 0.00902 e. The van der Waals surface area contributed by atoms with Gasteiger partial charge in [0.1, 0.15) is 0 Å². The number of hydrogen-bond donors (Lipinski definition) is 1. The Morgan fingerprint density at radius 3 is 1.50 bits per heavy atom. The zero-order chi connectivity index (χ0) is 20.8. The second-order valence-electron chi connectivity index (χ2n) is 7.99. The molecule has 0 aliphatic carbocycles. The van der Waals surface area contributed by atoms with Gasteiger partial charge in [-0.25, -0.2) is 0 Å². The molecule has 26 heavy (non-hydrogen) atoms. The first kappa shape index (κ1) is 30.7. The molecule has 0 radical (unpaired) electrons. The van der Waals surface area contributed by atoms with E-state index in [2.05, 4.69) is 48.5 Å². The minimum atomic E-state index is 0.391. The summed E-state index contributed by atoms with van der Waals surface area (Å²) < 4.78 is 0. The van der Waals surface area contributed by atoms with Gasteiger partial charge in [0, 0.05) is 6.04 Å². The molecule has 0 amide bonds. The van der Waals surface area contributed by atoms with Crippen molar-refractivity contribution in [2.45, 2.75) is 145 Å². The number of unbranched alkanes of at least 4 members (excludes halogenated alkanes) is 5. The fourth-order valence-electron chi connectivity index (χ4n) is 3.29. The molecule has 4 atom stereocenters. The molecular weight excluding hydrogens is 314 g/mol. The highest BCUT2D eigenvalue weighted by Gasteiger charge is 2.19. The maximum absolute atomic E-state index is 6.34. The molecule has 0 fully saturated rings. The minimum absolute atomic E-state index is 0.391. The van der Waals surface area contributed by atoms with E-state index in [9.17, 15) is 0 Å². The Bertz CT molecular complexity index is 224. The molecule has 0 aromatic carbocycles. The van der Waals surface area contributed by atoms with Crippen LogP contribution in [-0.2, 0) is 0 Å². The molecule has 2 N–H and O–H groups in total. The van der Waals surface area contributed by atoms with Gasteiger partial charge in [0.15, 0.2) is 0 Å². The van der Waals surface area contributed by atoms with Crippen molar-refractivity contribution < 1.29 is 0 Å². The van der Waals surface area contributed by atoms with Crippen LogP contribution in [0.1, 0.15) is 139 Å². The lowest BCUT2D eigenvalue weighted by molar-refractivity contribution is 0.289. The van der Waals surface area contributed by atoms with Gasteiger partial charge >= 0.3 is 0 Å². The number of hydrogen-bond acceptors (Lipinski definition) is 1. The average molecular weight is 372 g/mol. The van der Waals surface area contributed by atoms with Gasteiger partial charge in [0.2, 0.25) is 0 Å². The van der Waals surface area contributed by atoms with Crippen molar-refractivity contribution in [3.63, 3.8) is 0 Å². The summed E-state index contributed by atoms with van der Waals surface area (Å²) in [7, 11) is 0. The van der Waals surface area contributed by atoms with Crippen molar-refractivity contribution in [1.29, 1.82) is 0 Å². The summed E-state index contributed by atoms with van der Waals surface area (Å²) in [6.45, 7) is 20.0. The van der Waals surface area contributed by atoms with Gasteiger partial charge in [-0.3, -0.25) is 0 Å². The van der Waals surface area contributed by atoms with Crippen LogP contribution in [0.2, 0.25) is 0 Å². The lowest BCUT2D eigenvalue weighted by Gasteiger charge is -2.26. The summed E-state index contributed by atoms with van der Waals surface area (Å²) in [5, 5.41) is 0. The van der Waals surface area contributed by atoms with E-state index in [-0.39, 0.29) is 0 Å². The van der Waals surface area contributed by atoms with Crippen molar-refractivity contribution in [1.82, 2.24) is 0 Å². The normalized spacial score (nSPS) is 15.0. The van der Waals surface area contributed by atoms with Crippen molar-refractivity contribution in [3.8, 4) is 0 Å². The van der Waals surface area contributed by atoms with E-state index in [1.54, 1.807) is 0 Å². The smallest absolute Gasteiger partial charge is 0.00902 e. The molecule has 0 aromatic rings. The molecule has 0 saturated carbocycles. The molecule has 0 aliphatic heterocycles. The number of nitrogens with two attached hydrogens (primary N) is 1. The molecule has 0 aliphatic rings. The van der Waals surface area contributed by atoms with E-state index < -0.39 is 0 Å². The van der Waals surface area contributed by atoms with Crippen molar-refractivity contribution >= 4 is 0 Å². The molecule has 162 valence electrons. The first-order valence-corrected chi connectivity index (χ1v) is 12.2. The van der Waals surface area contributed by atoms with Gasteiger partial charge in [0.25, 0.3) is 0 Å². The zero-order valence-corrected chi connectivity index (χ0v) is 20.4. The van der Waals surface area contributed by atoms with Gasteiger partial charge in [0.05, 0.1) is 0 Å². The summed E-state index contributed by atoms with van der Waals surface area (Å²) >= 11 is 0. The Labute approximate surface area is 169 Å². The van der Waals surface area contributed by atoms with Crippen LogP contribution in [0, 0.1) is 17.8 Å². The highest BCUT2D eigenvalue weighted by molar-refractivity contribution is 4.75. The Kier molecular flexibility index (Phi) is 29.5. The van der Waals surface area contributed by atoms with E-state index in [0.717, 1.165) is 5.92 Å². The highest BCUT2D eigenvalue weighted by Crippen LogP contribution is 2.25. The Hall–Kier alpha value is -0.0400. The molecule has 0 rings (SSSR count). The molecule has 4 unspecified atom stereocenters. The van der Waals surface area contributed by atoms with Crippen LogP contribution in [0.25, 0.3) is 0 Å². The lowest BCUT2D eigenvalue weighted by Crippen LogP contribution is -2.34. The van der Waals surface area contributed by atoms with Gasteiger partial charge in [-0.15, -0.1) is 0 Å². The Balaban J connectivity index is -0.000000645. The molecule has 0 saturated heterocycles. The highest BCUT2D eigenvalue weighted by atomic mass is 14.7. The number of rotatable bonds is 14. The molecular formula is C25H57N. The van der Waals surface area contributed by atoms with Crippen LogP contribution in [0.4, 0.5) is 0 Å². The van der Waals surface area contributed by atoms with E-state index in [1.165, 1.54) is 77.0 Å². The lowest BCUT2D eigenvalue weighted by atomic mass is 9.83. The van der Waals surface area contributed by atoms with Crippen LogP contribution < -0.4 is 5.73 Å². The molecule has 0 spiro atoms. The summed E-state index contributed by atoms with van der Waals surface area (Å²) in [4.78, 5) is 0. The van der Waals surface area contributed by atoms with Crippen LogP contribution in [0.3, 0.4) is 0 Å². The summed E-state index contributed by atoms with van der Waals surface area (Å²) in [6.07, 6.45) is 16.4. The second kappa shape index (κ2) is 25.0. The quantitative estimate of drug-likeness (QED) is 0.303. The predicted molar refractivity (Wildman–Crippen MR) is 125 cm³/mol. The van der Waals surface area contributed by atoms with Crippen molar-refractivity contribution in [3.05, 3.63) is 0 Å². The average Bonchev–Trinajstić information content (AvgIpc) is 2.68. The second-order valence-corrected chi connectivity index (χ2v) is 7.99. The van der Waals surface area contributed by atoms with E-state index in [1.807, 2.05) is 13.8 Å². The molecule has 0 aromatic heterocycles. The summed E-state index contributed by atoms with van der Waals surface area (Å²) in [5.41, 5.74) is 6.34. The van der Waals surface area contributed by atoms with Crippen LogP contribution in [-0.4, -0.2) is 6.04 Å². The third-order valence-electron chi connectivity index (χ3n) is 5.74. The largest absolute Gasteiger partial charge is 0.327 e. The third-order valence-corrected chi connectivity index (χ3v) is 5.74. The van der Waals surface area contributed by atoms with Gasteiger partial charge in [-0.05, 0) is 24.2 Å². The van der Waals surface area contributed by atoms with Crippen LogP contribution >= 0.6 is 0 Å². The monoisotopic (exact) mass is 371 g/mol. The molecule has 0 bridgehead atoms. The fraction of sp³-hybridized carbons (Fsp3) is 1.00. The minimum Gasteiger partial charge on any atom is -0.327 e. The SMILES string of the molecule is CC.CCCCC.CCCCCCC(CC)CCC(C)C(N)C(C)CC. The predicted octanol–water partition coefficient (Wildman–Crippen LogP) is 9.00. The maximum atomic E-state index is 6.34. The van der Waals surface area contributed by atoms with Gasteiger partial charge in [-0.2, -0.15) is 0 Å². The van der Waals surface area contributed by atoms with E-state index in [4.69, 9.17) is 5.73 Å². The molecule has 1 nitrogen and oxygen atoms in total. The van der Waals surface area contributed by atoms with Crippen LogP contribution in [0.15, 0.2) is 0 Å². The molecule has 1 heteroatoms. The first-order valence-electron chi connectivity index (χ1n) is 12.2. The topological polar surface area (TPSA) is 26.0 Å². The zero-order valence-electron chi connectivity index (χ0n) is 20.4. The van der Waals surface area contributed by atoms with Crippen molar-refractivity contribution in [2.75, 3.05) is 0 Å². The Morgan fingerprint density at radius 1 is 0.577 bits per heavy atom. The van der Waals surface area contributed by atoms with Gasteiger partial charge in [-0.1, -0.05) is 133 Å². The van der Waals surface area contributed by atoms with Gasteiger partial charge < -0.3 is 5.73 Å². The third kappa shape index (κ3) is 20.3. The molecule has 0 heterocycles. The Morgan fingerprint density at radius 2 is 1.12 bits per heavy atom. The summed E-state index contributed by atoms with van der Waals surface area (Å²) in [5.74, 6) is 2.28. The first-order chi connectivity index (χ1) is 12.5. The standard InChI is InChI=1S/C18H39N.C5H12.C2H6/c1-6-9-10-11-12-17(8-3)14-13-16(5)18(19)15(4)7-2;1-3-5-4-2;1-2/h15-18H,6-14,19H2,1-5H3;3-5H2,1-2H3;1-2H3.